The van der Waals surface area contributed by atoms with Crippen molar-refractivity contribution in [3.05, 3.63) is 24.0 Å². The van der Waals surface area contributed by atoms with Gasteiger partial charge in [-0.2, -0.15) is 0 Å². The Hall–Kier alpha value is -1.85. The van der Waals surface area contributed by atoms with Gasteiger partial charge in [0.25, 0.3) is 5.91 Å². The number of benzene rings is 1. The zero-order valence-electron chi connectivity index (χ0n) is 12.5. The Bertz CT molecular complexity index is 521. The van der Waals surface area contributed by atoms with E-state index in [1.807, 2.05) is 4.90 Å². The van der Waals surface area contributed by atoms with E-state index in [4.69, 9.17) is 4.74 Å². The van der Waals surface area contributed by atoms with Crippen molar-refractivity contribution in [2.45, 2.75) is 19.5 Å². The minimum Gasteiger partial charge on any atom is -0.494 e. The van der Waals surface area contributed by atoms with Crippen molar-refractivity contribution in [3.8, 4) is 5.75 Å². The van der Waals surface area contributed by atoms with E-state index in [9.17, 15) is 13.6 Å². The number of amides is 1. The monoisotopic (exact) mass is 298 g/mol. The van der Waals surface area contributed by atoms with E-state index in [0.29, 0.717) is 31.9 Å². The SMILES string of the molecule is COc1cc(F)ccc1N1CCN(C(=O)C(C)(C)F)CC1. The van der Waals surface area contributed by atoms with E-state index in [0.717, 1.165) is 5.69 Å². The van der Waals surface area contributed by atoms with Crippen LogP contribution in [-0.2, 0) is 4.79 Å². The smallest absolute Gasteiger partial charge is 0.259 e. The summed E-state index contributed by atoms with van der Waals surface area (Å²) in [6.45, 7) is 4.53. The van der Waals surface area contributed by atoms with Crippen LogP contribution in [0.2, 0.25) is 0 Å². The lowest BCUT2D eigenvalue weighted by Crippen LogP contribution is -2.53. The third-order valence-electron chi connectivity index (χ3n) is 3.56. The predicted molar refractivity (Wildman–Crippen MR) is 76.9 cm³/mol. The molecular formula is C15H20F2N2O2. The van der Waals surface area contributed by atoms with Gasteiger partial charge >= 0.3 is 0 Å². The second kappa shape index (κ2) is 5.87. The Balaban J connectivity index is 2.06. The normalized spacial score (nSPS) is 16.0. The molecule has 0 aliphatic carbocycles. The first-order chi connectivity index (χ1) is 9.82. The third kappa shape index (κ3) is 3.43. The van der Waals surface area contributed by atoms with Gasteiger partial charge in [-0.1, -0.05) is 0 Å². The van der Waals surface area contributed by atoms with E-state index < -0.39 is 11.6 Å². The molecule has 0 bridgehead atoms. The molecule has 1 aliphatic rings. The summed E-state index contributed by atoms with van der Waals surface area (Å²) in [7, 11) is 1.49. The van der Waals surface area contributed by atoms with Crippen LogP contribution in [0.15, 0.2) is 18.2 Å². The molecule has 21 heavy (non-hydrogen) atoms. The number of ether oxygens (including phenoxy) is 1. The van der Waals surface area contributed by atoms with Gasteiger partial charge in [-0.3, -0.25) is 4.79 Å². The number of carbonyl (C=O) groups excluding carboxylic acids is 1. The molecule has 0 spiro atoms. The van der Waals surface area contributed by atoms with Crippen LogP contribution >= 0.6 is 0 Å². The molecule has 0 saturated carbocycles. The van der Waals surface area contributed by atoms with E-state index >= 15 is 0 Å². The van der Waals surface area contributed by atoms with Gasteiger partial charge in [0.15, 0.2) is 5.67 Å². The summed E-state index contributed by atoms with van der Waals surface area (Å²) in [5, 5.41) is 0. The van der Waals surface area contributed by atoms with E-state index in [1.54, 1.807) is 6.07 Å². The van der Waals surface area contributed by atoms with Crippen LogP contribution in [-0.4, -0.2) is 49.8 Å². The minimum atomic E-state index is -1.85. The van der Waals surface area contributed by atoms with Crippen LogP contribution in [0.1, 0.15) is 13.8 Å². The zero-order chi connectivity index (χ0) is 15.6. The number of hydrogen-bond donors (Lipinski definition) is 0. The Morgan fingerprint density at radius 3 is 2.38 bits per heavy atom. The van der Waals surface area contributed by atoms with Crippen molar-refractivity contribution in [3.63, 3.8) is 0 Å². The maximum Gasteiger partial charge on any atom is 0.259 e. The molecule has 0 aromatic heterocycles. The molecule has 1 fully saturated rings. The molecule has 1 aromatic rings. The standard InChI is InChI=1S/C15H20F2N2O2/c1-15(2,17)14(20)19-8-6-18(7-9-19)12-5-4-11(16)10-13(12)21-3/h4-5,10H,6-9H2,1-3H3. The first-order valence-electron chi connectivity index (χ1n) is 6.89. The molecule has 0 unspecified atom stereocenters. The summed E-state index contributed by atoms with van der Waals surface area (Å²) in [6.07, 6.45) is 0. The zero-order valence-corrected chi connectivity index (χ0v) is 12.5. The third-order valence-corrected chi connectivity index (χ3v) is 3.56. The Labute approximate surface area is 123 Å². The van der Waals surface area contributed by atoms with E-state index in [2.05, 4.69) is 0 Å². The summed E-state index contributed by atoms with van der Waals surface area (Å²) in [4.78, 5) is 15.4. The van der Waals surface area contributed by atoms with Gasteiger partial charge in [0.1, 0.15) is 11.6 Å². The molecule has 0 N–H and O–H groups in total. The average Bonchev–Trinajstić information content (AvgIpc) is 2.45. The highest BCUT2D eigenvalue weighted by atomic mass is 19.1. The highest BCUT2D eigenvalue weighted by Gasteiger charge is 2.33. The number of rotatable bonds is 3. The molecule has 2 rings (SSSR count). The highest BCUT2D eigenvalue weighted by molar-refractivity contribution is 5.84. The number of alkyl halides is 1. The van der Waals surface area contributed by atoms with Crippen molar-refractivity contribution in [1.82, 2.24) is 4.90 Å². The quantitative estimate of drug-likeness (QED) is 0.858. The molecular weight excluding hydrogens is 278 g/mol. The number of hydrogen-bond acceptors (Lipinski definition) is 3. The Morgan fingerprint density at radius 1 is 1.24 bits per heavy atom. The lowest BCUT2D eigenvalue weighted by molar-refractivity contribution is -0.142. The maximum absolute atomic E-state index is 13.7. The van der Waals surface area contributed by atoms with Crippen molar-refractivity contribution < 1.29 is 18.3 Å². The van der Waals surface area contributed by atoms with Gasteiger partial charge in [0.2, 0.25) is 0 Å². The predicted octanol–water partition coefficient (Wildman–Crippen LogP) is 2.23. The Morgan fingerprint density at radius 2 is 1.86 bits per heavy atom. The number of carbonyl (C=O) groups is 1. The lowest BCUT2D eigenvalue weighted by atomic mass is 10.1. The number of anilines is 1. The van der Waals surface area contributed by atoms with Crippen LogP contribution in [0.3, 0.4) is 0 Å². The van der Waals surface area contributed by atoms with Crippen molar-refractivity contribution in [2.24, 2.45) is 0 Å². The lowest BCUT2D eigenvalue weighted by Gasteiger charge is -2.38. The number of halogens is 2. The first-order valence-corrected chi connectivity index (χ1v) is 6.89. The molecule has 0 atom stereocenters. The summed E-state index contributed by atoms with van der Waals surface area (Å²) >= 11 is 0. The summed E-state index contributed by atoms with van der Waals surface area (Å²) < 4.78 is 32.1. The molecule has 1 heterocycles. The molecule has 6 heteroatoms. The van der Waals surface area contributed by atoms with E-state index in [-0.39, 0.29) is 5.82 Å². The fraction of sp³-hybridized carbons (Fsp3) is 0.533. The Kier molecular flexibility index (Phi) is 4.34. The fourth-order valence-electron chi connectivity index (χ4n) is 2.44. The fourth-order valence-corrected chi connectivity index (χ4v) is 2.44. The van der Waals surface area contributed by atoms with Crippen LogP contribution in [0.5, 0.6) is 5.75 Å². The number of piperazine rings is 1. The molecule has 1 aromatic carbocycles. The van der Waals surface area contributed by atoms with Gasteiger partial charge in [0, 0.05) is 32.2 Å². The minimum absolute atomic E-state index is 0.358. The molecule has 1 aliphatic heterocycles. The first kappa shape index (κ1) is 15.5. The number of nitrogens with zero attached hydrogens (tertiary/aromatic N) is 2. The van der Waals surface area contributed by atoms with Crippen LogP contribution in [0.4, 0.5) is 14.5 Å². The van der Waals surface area contributed by atoms with Crippen LogP contribution < -0.4 is 9.64 Å². The number of methoxy groups -OCH3 is 1. The summed E-state index contributed by atoms with van der Waals surface area (Å²) in [5.74, 6) is -0.391. The van der Waals surface area contributed by atoms with Crippen molar-refractivity contribution >= 4 is 11.6 Å². The van der Waals surface area contributed by atoms with Crippen molar-refractivity contribution in [2.75, 3.05) is 38.2 Å². The summed E-state index contributed by atoms with van der Waals surface area (Å²) in [6, 6.07) is 4.36. The molecule has 1 amide bonds. The van der Waals surface area contributed by atoms with Gasteiger partial charge in [-0.05, 0) is 26.0 Å². The van der Waals surface area contributed by atoms with Crippen LogP contribution in [0, 0.1) is 5.82 Å². The van der Waals surface area contributed by atoms with E-state index in [1.165, 1.54) is 38.0 Å². The second-order valence-corrected chi connectivity index (χ2v) is 5.57. The summed E-state index contributed by atoms with van der Waals surface area (Å²) in [5.41, 5.74) is -1.07. The molecule has 0 radical (unpaired) electrons. The largest absolute Gasteiger partial charge is 0.494 e. The molecule has 1 saturated heterocycles. The maximum atomic E-state index is 13.7. The highest BCUT2D eigenvalue weighted by Crippen LogP contribution is 2.30. The molecule has 4 nitrogen and oxygen atoms in total. The van der Waals surface area contributed by atoms with Gasteiger partial charge in [0.05, 0.1) is 12.8 Å². The van der Waals surface area contributed by atoms with Crippen molar-refractivity contribution in [1.29, 1.82) is 0 Å². The van der Waals surface area contributed by atoms with Gasteiger partial charge < -0.3 is 14.5 Å². The second-order valence-electron chi connectivity index (χ2n) is 5.57. The van der Waals surface area contributed by atoms with Crippen LogP contribution in [0.25, 0.3) is 0 Å². The topological polar surface area (TPSA) is 32.8 Å². The van der Waals surface area contributed by atoms with Gasteiger partial charge in [-0.25, -0.2) is 8.78 Å². The van der Waals surface area contributed by atoms with Gasteiger partial charge in [-0.15, -0.1) is 0 Å². The molecule has 116 valence electrons. The average molecular weight is 298 g/mol.